The van der Waals surface area contributed by atoms with E-state index >= 15 is 0 Å². The molecule has 1 unspecified atom stereocenters. The van der Waals surface area contributed by atoms with Gasteiger partial charge in [0.05, 0.1) is 29.8 Å². The number of hydrogen-bond acceptors (Lipinski definition) is 4. The number of ether oxygens (including phenoxy) is 2. The van der Waals surface area contributed by atoms with Gasteiger partial charge in [0, 0.05) is 23.1 Å². The van der Waals surface area contributed by atoms with Crippen molar-refractivity contribution >= 4 is 16.5 Å². The van der Waals surface area contributed by atoms with E-state index in [9.17, 15) is 4.21 Å². The minimum absolute atomic E-state index is 0.435. The second kappa shape index (κ2) is 6.18. The molecule has 0 spiro atoms. The Morgan fingerprint density at radius 1 is 1.05 bits per heavy atom. The van der Waals surface area contributed by atoms with Crippen LogP contribution < -0.4 is 15.2 Å². The van der Waals surface area contributed by atoms with Gasteiger partial charge in [0.25, 0.3) is 0 Å². The van der Waals surface area contributed by atoms with Gasteiger partial charge in [-0.15, -0.1) is 0 Å². The molecule has 0 aliphatic carbocycles. The Balaban J connectivity index is 1.80. The molecule has 0 amide bonds. The molecular formula is C16H17NO3S. The van der Waals surface area contributed by atoms with Crippen molar-refractivity contribution in [2.75, 3.05) is 18.9 Å². The van der Waals surface area contributed by atoms with Gasteiger partial charge in [-0.2, -0.15) is 0 Å². The number of nitrogens with two attached hydrogens (primary N) is 1. The van der Waals surface area contributed by atoms with Crippen LogP contribution >= 0.6 is 0 Å². The molecule has 0 aromatic heterocycles. The summed E-state index contributed by atoms with van der Waals surface area (Å²) in [4.78, 5) is 0.738. The average Bonchev–Trinajstić information content (AvgIpc) is 2.71. The molecule has 1 aliphatic rings. The van der Waals surface area contributed by atoms with Gasteiger partial charge in [-0.25, -0.2) is 0 Å². The van der Waals surface area contributed by atoms with Crippen molar-refractivity contribution in [1.29, 1.82) is 0 Å². The summed E-state index contributed by atoms with van der Waals surface area (Å²) in [6, 6.07) is 12.9. The van der Waals surface area contributed by atoms with E-state index in [-0.39, 0.29) is 0 Å². The topological polar surface area (TPSA) is 61.6 Å². The van der Waals surface area contributed by atoms with E-state index in [2.05, 4.69) is 0 Å². The molecule has 3 rings (SSSR count). The van der Waals surface area contributed by atoms with E-state index in [0.29, 0.717) is 30.4 Å². The van der Waals surface area contributed by atoms with Crippen LogP contribution in [0, 0.1) is 0 Å². The summed E-state index contributed by atoms with van der Waals surface area (Å²) in [7, 11) is -1.14. The molecule has 5 heteroatoms. The third-order valence-corrected chi connectivity index (χ3v) is 4.61. The van der Waals surface area contributed by atoms with Crippen LogP contribution in [-0.2, 0) is 16.6 Å². The van der Waals surface area contributed by atoms with Crippen molar-refractivity contribution in [3.63, 3.8) is 0 Å². The fourth-order valence-corrected chi connectivity index (χ4v) is 3.31. The van der Waals surface area contributed by atoms with Crippen LogP contribution in [0.5, 0.6) is 11.5 Å². The van der Waals surface area contributed by atoms with Gasteiger partial charge in [-0.05, 0) is 29.8 Å². The lowest BCUT2D eigenvalue weighted by Crippen LogP contribution is -1.99. The van der Waals surface area contributed by atoms with Crippen LogP contribution in [0.3, 0.4) is 0 Å². The number of benzene rings is 2. The van der Waals surface area contributed by atoms with Gasteiger partial charge >= 0.3 is 0 Å². The first kappa shape index (κ1) is 13.9. The summed E-state index contributed by atoms with van der Waals surface area (Å²) >= 11 is 0. The largest absolute Gasteiger partial charge is 0.490 e. The van der Waals surface area contributed by atoms with Crippen LogP contribution in [0.25, 0.3) is 0 Å². The number of fused-ring (bicyclic) bond motifs is 1. The van der Waals surface area contributed by atoms with Gasteiger partial charge in [-0.1, -0.05) is 12.1 Å². The van der Waals surface area contributed by atoms with E-state index in [1.807, 2.05) is 42.5 Å². The van der Waals surface area contributed by atoms with Crippen molar-refractivity contribution in [1.82, 2.24) is 0 Å². The lowest BCUT2D eigenvalue weighted by Gasteiger charge is -2.09. The molecule has 1 atom stereocenters. The van der Waals surface area contributed by atoms with Gasteiger partial charge in [0.1, 0.15) is 0 Å². The highest BCUT2D eigenvalue weighted by Crippen LogP contribution is 2.31. The minimum atomic E-state index is -1.14. The maximum Gasteiger partial charge on any atom is 0.162 e. The minimum Gasteiger partial charge on any atom is -0.490 e. The van der Waals surface area contributed by atoms with Crippen LogP contribution in [0.4, 0.5) is 5.69 Å². The highest BCUT2D eigenvalue weighted by molar-refractivity contribution is 7.84. The summed E-state index contributed by atoms with van der Waals surface area (Å²) in [5, 5.41) is 0. The van der Waals surface area contributed by atoms with Gasteiger partial charge in [0.2, 0.25) is 0 Å². The molecule has 0 bridgehead atoms. The quantitative estimate of drug-likeness (QED) is 0.886. The Bertz CT molecular complexity index is 672. The number of hydrogen-bond donors (Lipinski definition) is 1. The summed E-state index contributed by atoms with van der Waals surface area (Å²) in [6.07, 6.45) is 0.858. The monoisotopic (exact) mass is 303 g/mol. The normalized spacial score (nSPS) is 15.2. The highest BCUT2D eigenvalue weighted by atomic mass is 32.2. The van der Waals surface area contributed by atoms with Gasteiger partial charge < -0.3 is 15.2 Å². The Kier molecular flexibility index (Phi) is 4.10. The predicted octanol–water partition coefficient (Wildman–Crippen LogP) is 2.74. The summed E-state index contributed by atoms with van der Waals surface area (Å²) < 4.78 is 23.7. The zero-order valence-corrected chi connectivity index (χ0v) is 12.4. The molecule has 1 aliphatic heterocycles. The first-order valence-electron chi connectivity index (χ1n) is 6.85. The fraction of sp³-hybridized carbons (Fsp3) is 0.250. The van der Waals surface area contributed by atoms with Crippen LogP contribution in [0.2, 0.25) is 0 Å². The lowest BCUT2D eigenvalue weighted by molar-refractivity contribution is 0.297. The van der Waals surface area contributed by atoms with Crippen molar-refractivity contribution in [3.8, 4) is 11.5 Å². The molecule has 4 nitrogen and oxygen atoms in total. The zero-order chi connectivity index (χ0) is 14.7. The van der Waals surface area contributed by atoms with E-state index in [1.165, 1.54) is 0 Å². The lowest BCUT2D eigenvalue weighted by atomic mass is 10.2. The van der Waals surface area contributed by atoms with E-state index in [1.54, 1.807) is 0 Å². The SMILES string of the molecule is Nc1cccc(CS(=O)c2ccc3c(c2)OCCCO3)c1. The zero-order valence-electron chi connectivity index (χ0n) is 11.6. The van der Waals surface area contributed by atoms with Crippen molar-refractivity contribution in [2.45, 2.75) is 17.1 Å². The summed E-state index contributed by atoms with van der Waals surface area (Å²) in [5.41, 5.74) is 7.39. The molecule has 1 heterocycles. The molecule has 2 N–H and O–H groups in total. The smallest absolute Gasteiger partial charge is 0.162 e. The van der Waals surface area contributed by atoms with Crippen LogP contribution in [0.15, 0.2) is 47.4 Å². The summed E-state index contributed by atoms with van der Waals surface area (Å²) in [6.45, 7) is 1.27. The first-order chi connectivity index (χ1) is 10.2. The standard InChI is InChI=1S/C16H17NO3S/c17-13-4-1-3-12(9-13)11-21(18)14-5-6-15-16(10-14)20-8-2-7-19-15/h1,3-6,9-10H,2,7-8,11,17H2. The predicted molar refractivity (Wildman–Crippen MR) is 83.0 cm³/mol. The Hall–Kier alpha value is -2.01. The van der Waals surface area contributed by atoms with Crippen molar-refractivity contribution in [2.24, 2.45) is 0 Å². The molecular weight excluding hydrogens is 286 g/mol. The number of rotatable bonds is 3. The van der Waals surface area contributed by atoms with E-state index in [4.69, 9.17) is 15.2 Å². The Morgan fingerprint density at radius 3 is 2.67 bits per heavy atom. The second-order valence-corrected chi connectivity index (χ2v) is 6.35. The van der Waals surface area contributed by atoms with E-state index in [0.717, 1.165) is 22.6 Å². The Morgan fingerprint density at radius 2 is 1.86 bits per heavy atom. The van der Waals surface area contributed by atoms with Crippen LogP contribution in [-0.4, -0.2) is 17.4 Å². The number of anilines is 1. The maximum absolute atomic E-state index is 12.5. The molecule has 0 radical (unpaired) electrons. The van der Waals surface area contributed by atoms with Crippen LogP contribution in [0.1, 0.15) is 12.0 Å². The molecule has 0 fully saturated rings. The highest BCUT2D eigenvalue weighted by Gasteiger charge is 2.13. The average molecular weight is 303 g/mol. The summed E-state index contributed by atoms with van der Waals surface area (Å²) in [5.74, 6) is 1.83. The first-order valence-corrected chi connectivity index (χ1v) is 8.17. The van der Waals surface area contributed by atoms with Crippen molar-refractivity contribution in [3.05, 3.63) is 48.0 Å². The third kappa shape index (κ3) is 3.36. The maximum atomic E-state index is 12.5. The third-order valence-electron chi connectivity index (χ3n) is 3.23. The number of nitrogen functional groups attached to an aromatic ring is 1. The molecule has 0 saturated carbocycles. The van der Waals surface area contributed by atoms with Gasteiger partial charge in [-0.3, -0.25) is 4.21 Å². The Labute approximate surface area is 126 Å². The second-order valence-electron chi connectivity index (χ2n) is 4.89. The molecule has 2 aromatic rings. The molecule has 0 saturated heterocycles. The molecule has 110 valence electrons. The van der Waals surface area contributed by atoms with Gasteiger partial charge in [0.15, 0.2) is 11.5 Å². The fourth-order valence-electron chi connectivity index (χ4n) is 2.20. The molecule has 2 aromatic carbocycles. The van der Waals surface area contributed by atoms with E-state index < -0.39 is 10.8 Å². The van der Waals surface area contributed by atoms with Crippen molar-refractivity contribution < 1.29 is 13.7 Å². The molecule has 21 heavy (non-hydrogen) atoms.